The normalized spacial score (nSPS) is 10.5. The third kappa shape index (κ3) is 2.09. The SMILES string of the molecule is Cn1c(Sc2c(N)cccc2C(N)=O)n[nH]c1=O. The number of nitrogen functional groups attached to an aromatic ring is 1. The molecule has 1 aromatic carbocycles. The molecule has 1 heterocycles. The van der Waals surface area contributed by atoms with Gasteiger partial charge in [-0.05, 0) is 23.9 Å². The number of carbonyl (C=O) groups excluding carboxylic acids is 1. The van der Waals surface area contributed by atoms with Gasteiger partial charge in [-0.25, -0.2) is 9.89 Å². The highest BCUT2D eigenvalue weighted by Crippen LogP contribution is 2.32. The summed E-state index contributed by atoms with van der Waals surface area (Å²) >= 11 is 1.11. The number of nitrogens with two attached hydrogens (primary N) is 2. The van der Waals surface area contributed by atoms with Crippen LogP contribution in [0.2, 0.25) is 0 Å². The van der Waals surface area contributed by atoms with Gasteiger partial charge in [0.05, 0.1) is 10.5 Å². The topological polar surface area (TPSA) is 120 Å². The standard InChI is InChI=1S/C10H11N5O2S/c1-15-9(17)13-14-10(15)18-7-5(8(12)16)3-2-4-6(7)11/h2-4H,11H2,1H3,(H2,12,16)(H,13,17). The van der Waals surface area contributed by atoms with Crippen molar-refractivity contribution in [3.8, 4) is 0 Å². The zero-order valence-electron chi connectivity index (χ0n) is 9.51. The quantitative estimate of drug-likeness (QED) is 0.671. The second kappa shape index (κ2) is 4.57. The number of hydrogen-bond donors (Lipinski definition) is 3. The minimum atomic E-state index is -0.578. The van der Waals surface area contributed by atoms with E-state index in [4.69, 9.17) is 11.5 Å². The number of rotatable bonds is 3. The number of H-pyrrole nitrogens is 1. The summed E-state index contributed by atoms with van der Waals surface area (Å²) in [6.07, 6.45) is 0. The molecule has 0 fully saturated rings. The second-order valence-corrected chi connectivity index (χ2v) is 4.54. The molecule has 0 aliphatic carbocycles. The number of nitrogens with one attached hydrogen (secondary N) is 1. The molecule has 0 saturated heterocycles. The maximum atomic E-state index is 11.3. The number of aromatic nitrogens is 3. The van der Waals surface area contributed by atoms with Gasteiger partial charge in [0.2, 0.25) is 5.91 Å². The van der Waals surface area contributed by atoms with Crippen LogP contribution in [-0.4, -0.2) is 20.7 Å². The summed E-state index contributed by atoms with van der Waals surface area (Å²) in [6, 6.07) is 4.87. The molecule has 0 spiro atoms. The van der Waals surface area contributed by atoms with E-state index in [1.165, 1.54) is 4.57 Å². The van der Waals surface area contributed by atoms with Crippen molar-refractivity contribution in [1.82, 2.24) is 14.8 Å². The van der Waals surface area contributed by atoms with E-state index in [1.54, 1.807) is 25.2 Å². The molecule has 18 heavy (non-hydrogen) atoms. The van der Waals surface area contributed by atoms with Crippen molar-refractivity contribution < 1.29 is 4.79 Å². The lowest BCUT2D eigenvalue weighted by Gasteiger charge is -2.08. The molecule has 1 amide bonds. The Kier molecular flexibility index (Phi) is 3.11. The third-order valence-corrected chi connectivity index (χ3v) is 3.55. The molecular weight excluding hydrogens is 254 g/mol. The summed E-state index contributed by atoms with van der Waals surface area (Å²) in [7, 11) is 1.57. The Morgan fingerprint density at radius 2 is 2.22 bits per heavy atom. The lowest BCUT2D eigenvalue weighted by Crippen LogP contribution is -2.14. The fraction of sp³-hybridized carbons (Fsp3) is 0.100. The molecule has 7 nitrogen and oxygen atoms in total. The lowest BCUT2D eigenvalue weighted by atomic mass is 10.2. The maximum absolute atomic E-state index is 11.3. The van der Waals surface area contributed by atoms with E-state index in [9.17, 15) is 9.59 Å². The predicted molar refractivity (Wildman–Crippen MR) is 67.3 cm³/mol. The van der Waals surface area contributed by atoms with Gasteiger partial charge in [-0.2, -0.15) is 0 Å². The first-order valence-corrected chi connectivity index (χ1v) is 5.80. The van der Waals surface area contributed by atoms with Crippen LogP contribution < -0.4 is 17.2 Å². The molecule has 0 bridgehead atoms. The number of primary amides is 1. The average Bonchev–Trinajstić information content (AvgIpc) is 2.63. The third-order valence-electron chi connectivity index (χ3n) is 2.34. The van der Waals surface area contributed by atoms with Crippen LogP contribution in [0.3, 0.4) is 0 Å². The van der Waals surface area contributed by atoms with Crippen LogP contribution in [0.25, 0.3) is 0 Å². The van der Waals surface area contributed by atoms with Gasteiger partial charge >= 0.3 is 5.69 Å². The van der Waals surface area contributed by atoms with E-state index in [2.05, 4.69) is 10.2 Å². The minimum Gasteiger partial charge on any atom is -0.398 e. The molecule has 0 atom stereocenters. The van der Waals surface area contributed by atoms with Crippen molar-refractivity contribution in [3.05, 3.63) is 34.2 Å². The fourth-order valence-electron chi connectivity index (χ4n) is 1.38. The molecule has 2 rings (SSSR count). The average molecular weight is 265 g/mol. The highest BCUT2D eigenvalue weighted by Gasteiger charge is 2.15. The Labute approximate surface area is 106 Å². The molecule has 0 aliphatic heterocycles. The first-order chi connectivity index (χ1) is 8.50. The van der Waals surface area contributed by atoms with E-state index in [0.717, 1.165) is 11.8 Å². The molecule has 0 radical (unpaired) electrons. The molecule has 94 valence electrons. The van der Waals surface area contributed by atoms with Crippen LogP contribution in [0.4, 0.5) is 5.69 Å². The highest BCUT2D eigenvalue weighted by atomic mass is 32.2. The summed E-state index contributed by atoms with van der Waals surface area (Å²) in [6.45, 7) is 0. The Bertz CT molecular complexity index is 661. The molecule has 2 aromatic rings. The highest BCUT2D eigenvalue weighted by molar-refractivity contribution is 7.99. The first-order valence-electron chi connectivity index (χ1n) is 4.98. The second-order valence-electron chi connectivity index (χ2n) is 3.56. The van der Waals surface area contributed by atoms with Gasteiger partial charge in [-0.1, -0.05) is 6.07 Å². The number of aromatic amines is 1. The van der Waals surface area contributed by atoms with E-state index in [1.807, 2.05) is 0 Å². The zero-order chi connectivity index (χ0) is 13.3. The van der Waals surface area contributed by atoms with Crippen molar-refractivity contribution in [2.75, 3.05) is 5.73 Å². The van der Waals surface area contributed by atoms with Crippen LogP contribution in [0.5, 0.6) is 0 Å². The van der Waals surface area contributed by atoms with Gasteiger partial charge in [0.1, 0.15) is 0 Å². The number of benzene rings is 1. The largest absolute Gasteiger partial charge is 0.398 e. The Morgan fingerprint density at radius 3 is 2.78 bits per heavy atom. The smallest absolute Gasteiger partial charge is 0.343 e. The van der Waals surface area contributed by atoms with Gasteiger partial charge in [0.15, 0.2) is 5.16 Å². The van der Waals surface area contributed by atoms with Gasteiger partial charge in [0.25, 0.3) is 0 Å². The van der Waals surface area contributed by atoms with Gasteiger partial charge in [-0.15, -0.1) is 5.10 Å². The predicted octanol–water partition coefficient (Wildman–Crippen LogP) is -0.0593. The number of anilines is 1. The van der Waals surface area contributed by atoms with Crippen molar-refractivity contribution in [2.45, 2.75) is 10.1 Å². The van der Waals surface area contributed by atoms with Crippen LogP contribution >= 0.6 is 11.8 Å². The number of amides is 1. The van der Waals surface area contributed by atoms with E-state index < -0.39 is 5.91 Å². The van der Waals surface area contributed by atoms with Gasteiger partial charge in [0, 0.05) is 12.7 Å². The maximum Gasteiger partial charge on any atom is 0.343 e. The van der Waals surface area contributed by atoms with Crippen molar-refractivity contribution in [1.29, 1.82) is 0 Å². The molecule has 1 aromatic heterocycles. The summed E-state index contributed by atoms with van der Waals surface area (Å²) in [4.78, 5) is 23.0. The first kappa shape index (κ1) is 12.2. The summed E-state index contributed by atoms with van der Waals surface area (Å²) in [5, 5.41) is 6.54. The van der Waals surface area contributed by atoms with Crippen LogP contribution in [0, 0.1) is 0 Å². The monoisotopic (exact) mass is 265 g/mol. The zero-order valence-corrected chi connectivity index (χ0v) is 10.3. The van der Waals surface area contributed by atoms with Crippen LogP contribution in [0.15, 0.2) is 33.0 Å². The molecule has 5 N–H and O–H groups in total. The molecule has 8 heteroatoms. The number of carbonyl (C=O) groups is 1. The Balaban J connectivity index is 2.49. The molecule has 0 aliphatic rings. The summed E-state index contributed by atoms with van der Waals surface area (Å²) < 4.78 is 1.32. The lowest BCUT2D eigenvalue weighted by molar-refractivity contribution is 0.0997. The van der Waals surface area contributed by atoms with Crippen LogP contribution in [0.1, 0.15) is 10.4 Å². The fourth-order valence-corrected chi connectivity index (χ4v) is 2.34. The minimum absolute atomic E-state index is 0.301. The Morgan fingerprint density at radius 1 is 1.50 bits per heavy atom. The molecule has 0 saturated carbocycles. The van der Waals surface area contributed by atoms with Gasteiger partial charge < -0.3 is 11.5 Å². The van der Waals surface area contributed by atoms with Crippen LogP contribution in [-0.2, 0) is 7.05 Å². The number of nitrogens with zero attached hydrogens (tertiary/aromatic N) is 2. The number of hydrogen-bond acceptors (Lipinski definition) is 5. The molecule has 0 unspecified atom stereocenters. The van der Waals surface area contributed by atoms with Crippen molar-refractivity contribution >= 4 is 23.4 Å². The van der Waals surface area contributed by atoms with Crippen molar-refractivity contribution in [2.24, 2.45) is 12.8 Å². The summed E-state index contributed by atoms with van der Waals surface area (Å²) in [5.41, 5.74) is 11.5. The van der Waals surface area contributed by atoms with E-state index in [0.29, 0.717) is 21.3 Å². The molecular formula is C10H11N5O2S. The van der Waals surface area contributed by atoms with E-state index >= 15 is 0 Å². The van der Waals surface area contributed by atoms with Crippen molar-refractivity contribution in [3.63, 3.8) is 0 Å². The van der Waals surface area contributed by atoms with Gasteiger partial charge in [-0.3, -0.25) is 9.36 Å². The van der Waals surface area contributed by atoms with E-state index in [-0.39, 0.29) is 5.69 Å². The Hall–Kier alpha value is -2.22. The summed E-state index contributed by atoms with van der Waals surface area (Å²) in [5.74, 6) is -0.578.